The highest BCUT2D eigenvalue weighted by molar-refractivity contribution is 5.23. The van der Waals surface area contributed by atoms with E-state index in [0.717, 1.165) is 24.2 Å². The third kappa shape index (κ3) is 8.24. The van der Waals surface area contributed by atoms with Gasteiger partial charge in [0.15, 0.2) is 0 Å². The Morgan fingerprint density at radius 3 is 1.97 bits per heavy atom. The lowest BCUT2D eigenvalue weighted by molar-refractivity contribution is 0.234. The zero-order valence-corrected chi connectivity index (χ0v) is 20.1. The van der Waals surface area contributed by atoms with Gasteiger partial charge in [-0.2, -0.15) is 0 Å². The van der Waals surface area contributed by atoms with Crippen LogP contribution in [0.4, 0.5) is 0 Å². The lowest BCUT2D eigenvalue weighted by atomic mass is 9.76. The van der Waals surface area contributed by atoms with E-state index in [1.807, 2.05) is 0 Å². The molecule has 1 aromatic rings. The van der Waals surface area contributed by atoms with E-state index in [9.17, 15) is 0 Å². The topological polar surface area (TPSA) is 0 Å². The van der Waals surface area contributed by atoms with Crippen LogP contribution in [0.5, 0.6) is 0 Å². The van der Waals surface area contributed by atoms with Crippen molar-refractivity contribution in [2.75, 3.05) is 0 Å². The van der Waals surface area contributed by atoms with Gasteiger partial charge >= 0.3 is 0 Å². The summed E-state index contributed by atoms with van der Waals surface area (Å²) < 4.78 is 0. The Morgan fingerprint density at radius 1 is 0.667 bits per heavy atom. The summed E-state index contributed by atoms with van der Waals surface area (Å²) in [6.07, 6.45) is 26.9. The van der Waals surface area contributed by atoms with Crippen LogP contribution in [0, 0.1) is 17.8 Å². The first-order valence-electron chi connectivity index (χ1n) is 13.5. The van der Waals surface area contributed by atoms with Gasteiger partial charge in [0.1, 0.15) is 0 Å². The summed E-state index contributed by atoms with van der Waals surface area (Å²) in [6, 6.07) is 9.29. The number of benzene rings is 1. The van der Waals surface area contributed by atoms with E-state index in [1.165, 1.54) is 114 Å². The van der Waals surface area contributed by atoms with Gasteiger partial charge in [-0.3, -0.25) is 0 Å². The summed E-state index contributed by atoms with van der Waals surface area (Å²) in [7, 11) is 0. The van der Waals surface area contributed by atoms with Gasteiger partial charge in [0, 0.05) is 0 Å². The molecule has 0 aromatic heterocycles. The van der Waals surface area contributed by atoms with Gasteiger partial charge in [-0.15, -0.1) is 0 Å². The fourth-order valence-corrected chi connectivity index (χ4v) is 5.82. The van der Waals surface area contributed by atoms with E-state index in [2.05, 4.69) is 44.2 Å². The van der Waals surface area contributed by atoms with Crippen LogP contribution in [0.15, 0.2) is 35.9 Å². The van der Waals surface area contributed by atoms with Crippen molar-refractivity contribution in [2.45, 2.75) is 123 Å². The van der Waals surface area contributed by atoms with Gasteiger partial charge in [-0.1, -0.05) is 114 Å². The molecular weight excluding hydrogens is 360 g/mol. The van der Waals surface area contributed by atoms with Gasteiger partial charge in [0.25, 0.3) is 0 Å². The van der Waals surface area contributed by atoms with Crippen LogP contribution in [-0.4, -0.2) is 0 Å². The molecule has 0 nitrogen and oxygen atoms in total. The van der Waals surface area contributed by atoms with E-state index < -0.39 is 0 Å². The van der Waals surface area contributed by atoms with Crippen LogP contribution in [0.1, 0.15) is 121 Å². The minimum atomic E-state index is 0.976. The van der Waals surface area contributed by atoms with Crippen molar-refractivity contribution < 1.29 is 0 Å². The maximum absolute atomic E-state index is 2.61. The molecule has 0 heterocycles. The third-order valence-electron chi connectivity index (χ3n) is 8.19. The van der Waals surface area contributed by atoms with Crippen molar-refractivity contribution in [1.82, 2.24) is 0 Å². The molecule has 2 aliphatic carbocycles. The second kappa shape index (κ2) is 13.4. The van der Waals surface area contributed by atoms with E-state index in [1.54, 1.807) is 5.57 Å². The quantitative estimate of drug-likeness (QED) is 0.238. The highest BCUT2D eigenvalue weighted by atomic mass is 14.3. The molecule has 1 fully saturated rings. The average Bonchev–Trinajstić information content (AvgIpc) is 2.81. The van der Waals surface area contributed by atoms with Gasteiger partial charge < -0.3 is 0 Å². The molecule has 3 rings (SSSR count). The maximum Gasteiger partial charge on any atom is -0.0241 e. The Hall–Kier alpha value is -1.04. The number of unbranched alkanes of at least 4 members (excludes halogenated alkanes) is 3. The summed E-state index contributed by atoms with van der Waals surface area (Å²) in [4.78, 5) is 0. The Bertz CT molecular complexity index is 599. The van der Waals surface area contributed by atoms with E-state index in [-0.39, 0.29) is 0 Å². The fourth-order valence-electron chi connectivity index (χ4n) is 5.82. The van der Waals surface area contributed by atoms with Crippen molar-refractivity contribution in [3.8, 4) is 0 Å². The predicted molar refractivity (Wildman–Crippen MR) is 133 cm³/mol. The first-order valence-corrected chi connectivity index (χ1v) is 13.5. The fraction of sp³-hybridized carbons (Fsp3) is 0.733. The number of hydrogen-bond acceptors (Lipinski definition) is 0. The molecule has 0 spiro atoms. The molecule has 0 N–H and O–H groups in total. The maximum atomic E-state index is 2.61. The smallest absolute Gasteiger partial charge is 0.0241 e. The standard InChI is InChI=1S/C30H48/c1-3-5-6-7-8-26-13-15-28(16-14-26)19-20-30-23-21-29(22-24-30)18-17-27-11-9-25(4-2)10-12-27/h9-12,21,26,28,30H,3-8,13-20,22-24H2,1-2H3/t26-,28-,30?. The number of hydrogen-bond donors (Lipinski definition) is 0. The minimum absolute atomic E-state index is 0.976. The molecule has 30 heavy (non-hydrogen) atoms. The van der Waals surface area contributed by atoms with Crippen LogP contribution in [-0.2, 0) is 12.8 Å². The average molecular weight is 409 g/mol. The molecular formula is C30H48. The Morgan fingerprint density at radius 2 is 1.33 bits per heavy atom. The molecule has 0 bridgehead atoms. The largest absolute Gasteiger partial charge is 0.0850 e. The normalized spacial score (nSPS) is 24.6. The molecule has 1 atom stereocenters. The van der Waals surface area contributed by atoms with Crippen molar-refractivity contribution >= 4 is 0 Å². The predicted octanol–water partition coefficient (Wildman–Crippen LogP) is 9.47. The number of aryl methyl sites for hydroxylation is 2. The molecule has 1 saturated carbocycles. The Kier molecular flexibility index (Phi) is 10.5. The van der Waals surface area contributed by atoms with Gasteiger partial charge in [0.05, 0.1) is 0 Å². The van der Waals surface area contributed by atoms with E-state index in [0.29, 0.717) is 0 Å². The van der Waals surface area contributed by atoms with E-state index in [4.69, 9.17) is 0 Å². The van der Waals surface area contributed by atoms with Crippen LogP contribution < -0.4 is 0 Å². The lowest BCUT2D eigenvalue weighted by Crippen LogP contribution is -2.16. The lowest BCUT2D eigenvalue weighted by Gasteiger charge is -2.30. The van der Waals surface area contributed by atoms with Crippen LogP contribution >= 0.6 is 0 Å². The van der Waals surface area contributed by atoms with Crippen LogP contribution in [0.2, 0.25) is 0 Å². The Balaban J connectivity index is 1.27. The third-order valence-corrected chi connectivity index (χ3v) is 8.19. The summed E-state index contributed by atoms with van der Waals surface area (Å²) >= 11 is 0. The molecule has 1 aromatic carbocycles. The summed E-state index contributed by atoms with van der Waals surface area (Å²) in [5, 5.41) is 0. The van der Waals surface area contributed by atoms with Crippen molar-refractivity contribution in [3.05, 3.63) is 47.0 Å². The summed E-state index contributed by atoms with van der Waals surface area (Å²) in [5.41, 5.74) is 4.70. The minimum Gasteiger partial charge on any atom is -0.0850 e. The van der Waals surface area contributed by atoms with E-state index >= 15 is 0 Å². The Labute approximate surface area is 187 Å². The first-order chi connectivity index (χ1) is 14.8. The number of allylic oxidation sites excluding steroid dienone is 2. The molecule has 2 aliphatic rings. The van der Waals surface area contributed by atoms with Crippen molar-refractivity contribution in [2.24, 2.45) is 17.8 Å². The molecule has 0 heteroatoms. The molecule has 1 unspecified atom stereocenters. The van der Waals surface area contributed by atoms with Gasteiger partial charge in [0.2, 0.25) is 0 Å². The highest BCUT2D eigenvalue weighted by Crippen LogP contribution is 2.37. The molecule has 0 amide bonds. The number of rotatable bonds is 12. The molecule has 0 saturated heterocycles. The first kappa shape index (κ1) is 23.6. The SMILES string of the molecule is CCCCCC[C@H]1CC[C@H](CCC2CC=C(CCc3ccc(CC)cc3)CC2)CC1. The van der Waals surface area contributed by atoms with Gasteiger partial charge in [-0.25, -0.2) is 0 Å². The zero-order valence-electron chi connectivity index (χ0n) is 20.1. The van der Waals surface area contributed by atoms with Crippen LogP contribution in [0.3, 0.4) is 0 Å². The monoisotopic (exact) mass is 408 g/mol. The van der Waals surface area contributed by atoms with Gasteiger partial charge in [-0.05, 0) is 73.8 Å². The van der Waals surface area contributed by atoms with Crippen molar-refractivity contribution in [1.29, 1.82) is 0 Å². The molecule has 0 aliphatic heterocycles. The zero-order chi connectivity index (χ0) is 21.0. The highest BCUT2D eigenvalue weighted by Gasteiger charge is 2.22. The summed E-state index contributed by atoms with van der Waals surface area (Å²) in [6.45, 7) is 4.55. The second-order valence-corrected chi connectivity index (χ2v) is 10.5. The molecule has 0 radical (unpaired) electrons. The second-order valence-electron chi connectivity index (χ2n) is 10.5. The molecule has 168 valence electrons. The van der Waals surface area contributed by atoms with Crippen LogP contribution in [0.25, 0.3) is 0 Å². The van der Waals surface area contributed by atoms with Crippen molar-refractivity contribution in [3.63, 3.8) is 0 Å². The summed E-state index contributed by atoms with van der Waals surface area (Å²) in [5.74, 6) is 3.09.